The number of allylic oxidation sites excluding steroid dienone is 1. The molecule has 0 amide bonds. The molecule has 0 spiro atoms. The molecule has 1 unspecified atom stereocenters. The van der Waals surface area contributed by atoms with Crippen LogP contribution in [-0.2, 0) is 16.0 Å². The number of nitrogen functional groups attached to an aromatic ring is 1. The summed E-state index contributed by atoms with van der Waals surface area (Å²) >= 11 is 1.54. The Morgan fingerprint density at radius 2 is 2.25 bits per heavy atom. The minimum absolute atomic E-state index is 0.109. The number of aliphatic imine (C=N–C) groups is 1. The number of ether oxygens (including phenoxy) is 2. The number of hydrogen-bond donors (Lipinski definition) is 3. The van der Waals surface area contributed by atoms with Gasteiger partial charge in [-0.05, 0) is 43.5 Å². The number of nitrogens with one attached hydrogen (secondary N) is 1. The normalized spacial score (nSPS) is 17.2. The second-order valence-corrected chi connectivity index (χ2v) is 8.31. The molecule has 4 heterocycles. The summed E-state index contributed by atoms with van der Waals surface area (Å²) in [6, 6.07) is 7.44. The van der Waals surface area contributed by atoms with E-state index in [9.17, 15) is 0 Å². The molecule has 1 fully saturated rings. The second kappa shape index (κ2) is 11.0. The molecule has 4 rings (SSSR count). The van der Waals surface area contributed by atoms with Crippen LogP contribution in [0.2, 0.25) is 0 Å². The summed E-state index contributed by atoms with van der Waals surface area (Å²) in [5.41, 5.74) is 14.7. The predicted octanol–water partition coefficient (Wildman–Crippen LogP) is 3.19. The van der Waals surface area contributed by atoms with Crippen LogP contribution in [0.1, 0.15) is 30.0 Å². The summed E-state index contributed by atoms with van der Waals surface area (Å²) in [5, 5.41) is 4.17. The number of hydrogen-bond acceptors (Lipinski definition) is 10. The van der Waals surface area contributed by atoms with Crippen molar-refractivity contribution in [3.05, 3.63) is 47.4 Å². The van der Waals surface area contributed by atoms with E-state index in [0.717, 1.165) is 41.2 Å². The zero-order chi connectivity index (χ0) is 22.2. The number of nitrogens with zero attached hydrogens (tertiary/aromatic N) is 4. The molecular weight excluding hydrogens is 426 g/mol. The van der Waals surface area contributed by atoms with Crippen molar-refractivity contribution >= 4 is 45.0 Å². The van der Waals surface area contributed by atoms with E-state index in [1.807, 2.05) is 18.2 Å². The first-order valence-corrected chi connectivity index (χ1v) is 11.4. The minimum Gasteiger partial charge on any atom is -0.404 e. The summed E-state index contributed by atoms with van der Waals surface area (Å²) in [6.45, 7) is 2.28. The summed E-state index contributed by atoms with van der Waals surface area (Å²) < 4.78 is 11.2. The lowest BCUT2D eigenvalue weighted by atomic mass is 10.2. The zero-order valence-corrected chi connectivity index (χ0v) is 18.6. The Bertz CT molecular complexity index is 1060. The van der Waals surface area contributed by atoms with Crippen molar-refractivity contribution in [3.8, 4) is 0 Å². The number of anilines is 2. The lowest BCUT2D eigenvalue weighted by Crippen LogP contribution is -2.23. The number of aromatic nitrogens is 3. The summed E-state index contributed by atoms with van der Waals surface area (Å²) in [4.78, 5) is 18.8. The number of thiazole rings is 1. The van der Waals surface area contributed by atoms with E-state index in [2.05, 4.69) is 25.3 Å². The van der Waals surface area contributed by atoms with Gasteiger partial charge in [-0.25, -0.2) is 15.0 Å². The third kappa shape index (κ3) is 5.78. The zero-order valence-electron chi connectivity index (χ0n) is 17.7. The fourth-order valence-electron chi connectivity index (χ4n) is 3.26. The van der Waals surface area contributed by atoms with E-state index in [0.29, 0.717) is 42.5 Å². The Balaban J connectivity index is 1.34. The average molecular weight is 454 g/mol. The molecule has 0 bridgehead atoms. The van der Waals surface area contributed by atoms with Gasteiger partial charge in [0, 0.05) is 30.8 Å². The molecule has 168 valence electrons. The van der Waals surface area contributed by atoms with Gasteiger partial charge in [0.25, 0.3) is 0 Å². The summed E-state index contributed by atoms with van der Waals surface area (Å²) in [7, 11) is 0. The largest absolute Gasteiger partial charge is 0.404 e. The highest BCUT2D eigenvalue weighted by molar-refractivity contribution is 7.18. The Labute approximate surface area is 190 Å². The Hall–Kier alpha value is -3.08. The SMILES string of the molecule is NC=C(C=NCCOC1CCCCO1)c1ccc(N)c(NCc2nc3cccnc3s2)n1. The maximum absolute atomic E-state index is 6.11. The van der Waals surface area contributed by atoms with Gasteiger partial charge in [0.15, 0.2) is 6.29 Å². The molecule has 3 aromatic heterocycles. The molecule has 0 saturated carbocycles. The van der Waals surface area contributed by atoms with Gasteiger partial charge in [0.2, 0.25) is 0 Å². The van der Waals surface area contributed by atoms with Crippen molar-refractivity contribution in [1.82, 2.24) is 15.0 Å². The lowest BCUT2D eigenvalue weighted by molar-refractivity contribution is -0.160. The van der Waals surface area contributed by atoms with Crippen molar-refractivity contribution < 1.29 is 9.47 Å². The molecular formula is C22H27N7O2S. The van der Waals surface area contributed by atoms with E-state index in [4.69, 9.17) is 20.9 Å². The van der Waals surface area contributed by atoms with Crippen LogP contribution in [0.15, 0.2) is 41.7 Å². The quantitative estimate of drug-likeness (QED) is 0.332. The van der Waals surface area contributed by atoms with E-state index < -0.39 is 0 Å². The molecule has 3 aromatic rings. The van der Waals surface area contributed by atoms with Crippen LogP contribution in [-0.4, -0.2) is 47.2 Å². The summed E-state index contributed by atoms with van der Waals surface area (Å²) in [5.74, 6) is 0.570. The van der Waals surface area contributed by atoms with Crippen LogP contribution in [0, 0.1) is 0 Å². The molecule has 1 aliphatic rings. The smallest absolute Gasteiger partial charge is 0.157 e. The third-order valence-electron chi connectivity index (χ3n) is 4.91. The van der Waals surface area contributed by atoms with Crippen LogP contribution in [0.25, 0.3) is 15.9 Å². The molecule has 1 saturated heterocycles. The Morgan fingerprint density at radius 3 is 3.06 bits per heavy atom. The summed E-state index contributed by atoms with van der Waals surface area (Å²) in [6.07, 6.45) is 8.02. The number of pyridine rings is 2. The van der Waals surface area contributed by atoms with Gasteiger partial charge in [-0.1, -0.05) is 11.3 Å². The molecule has 1 aliphatic heterocycles. The van der Waals surface area contributed by atoms with Gasteiger partial charge in [0.05, 0.1) is 31.1 Å². The third-order valence-corrected chi connectivity index (χ3v) is 5.89. The van der Waals surface area contributed by atoms with Crippen LogP contribution in [0.4, 0.5) is 11.5 Å². The number of rotatable bonds is 9. The molecule has 5 N–H and O–H groups in total. The molecule has 1 atom stereocenters. The monoisotopic (exact) mass is 453 g/mol. The van der Waals surface area contributed by atoms with E-state index >= 15 is 0 Å². The van der Waals surface area contributed by atoms with Crippen LogP contribution in [0.3, 0.4) is 0 Å². The fourth-order valence-corrected chi connectivity index (χ4v) is 4.10. The number of nitrogens with two attached hydrogens (primary N) is 2. The standard InChI is InChI=1S/C22H27N7O2S/c23-12-15(13-25-9-11-31-20-5-1-2-10-30-20)17-7-6-16(24)21(29-17)27-14-19-28-18-4-3-8-26-22(18)32-19/h3-4,6-8,12-13,20H,1-2,5,9-11,14,23-24H2,(H,27,29). The van der Waals surface area contributed by atoms with Gasteiger partial charge in [-0.15, -0.1) is 0 Å². The van der Waals surface area contributed by atoms with Gasteiger partial charge in [0.1, 0.15) is 21.2 Å². The first-order valence-electron chi connectivity index (χ1n) is 10.6. The van der Waals surface area contributed by atoms with Crippen LogP contribution in [0.5, 0.6) is 0 Å². The van der Waals surface area contributed by atoms with Crippen molar-refractivity contribution in [1.29, 1.82) is 0 Å². The maximum atomic E-state index is 6.11. The van der Waals surface area contributed by atoms with E-state index in [1.165, 1.54) is 17.5 Å². The second-order valence-electron chi connectivity index (χ2n) is 7.25. The molecule has 0 aromatic carbocycles. The van der Waals surface area contributed by atoms with Gasteiger partial charge in [-0.3, -0.25) is 4.99 Å². The van der Waals surface area contributed by atoms with Gasteiger partial charge < -0.3 is 26.3 Å². The highest BCUT2D eigenvalue weighted by Crippen LogP contribution is 2.23. The van der Waals surface area contributed by atoms with Crippen molar-refractivity contribution in [2.75, 3.05) is 30.8 Å². The van der Waals surface area contributed by atoms with Crippen LogP contribution >= 0.6 is 11.3 Å². The van der Waals surface area contributed by atoms with Crippen molar-refractivity contribution in [2.45, 2.75) is 32.1 Å². The Morgan fingerprint density at radius 1 is 1.31 bits per heavy atom. The first kappa shape index (κ1) is 22.1. The van der Waals surface area contributed by atoms with Gasteiger partial charge in [-0.2, -0.15) is 0 Å². The number of fused-ring (bicyclic) bond motifs is 1. The highest BCUT2D eigenvalue weighted by Gasteiger charge is 2.13. The predicted molar refractivity (Wildman–Crippen MR) is 128 cm³/mol. The maximum Gasteiger partial charge on any atom is 0.157 e. The molecule has 0 aliphatic carbocycles. The fraction of sp³-hybridized carbons (Fsp3) is 0.364. The van der Waals surface area contributed by atoms with Crippen LogP contribution < -0.4 is 16.8 Å². The lowest BCUT2D eigenvalue weighted by Gasteiger charge is -2.22. The van der Waals surface area contributed by atoms with Crippen molar-refractivity contribution in [3.63, 3.8) is 0 Å². The molecule has 32 heavy (non-hydrogen) atoms. The Kier molecular flexibility index (Phi) is 7.59. The molecule has 9 nitrogen and oxygen atoms in total. The van der Waals surface area contributed by atoms with E-state index in [1.54, 1.807) is 18.5 Å². The molecule has 0 radical (unpaired) electrons. The minimum atomic E-state index is -0.109. The van der Waals surface area contributed by atoms with E-state index in [-0.39, 0.29) is 6.29 Å². The van der Waals surface area contributed by atoms with Crippen molar-refractivity contribution in [2.24, 2.45) is 10.7 Å². The first-order chi connectivity index (χ1) is 15.7. The average Bonchev–Trinajstić information content (AvgIpc) is 3.25. The molecule has 10 heteroatoms. The topological polar surface area (TPSA) is 134 Å². The van der Waals surface area contributed by atoms with Gasteiger partial charge >= 0.3 is 0 Å². The highest BCUT2D eigenvalue weighted by atomic mass is 32.1.